The van der Waals surface area contributed by atoms with Crippen LogP contribution >= 0.6 is 0 Å². The number of hydrogen-bond acceptors (Lipinski definition) is 3. The molecule has 1 aromatic carbocycles. The molecule has 4 heteroatoms. The SMILES string of the molecule is C[C@H](c1ccccn1)N(C)Cc1c(-c2ccccc2)nc2ccccn12. The van der Waals surface area contributed by atoms with Gasteiger partial charge in [-0.05, 0) is 38.2 Å². The molecule has 3 aromatic heterocycles. The minimum Gasteiger partial charge on any atom is -0.302 e. The zero-order valence-corrected chi connectivity index (χ0v) is 15.1. The van der Waals surface area contributed by atoms with E-state index in [1.807, 2.05) is 30.5 Å². The fourth-order valence-electron chi connectivity index (χ4n) is 3.25. The standard InChI is InChI=1S/C22H22N4/c1-17(19-12-6-8-14-23-19)25(2)16-20-22(18-10-4-3-5-11-18)24-21-13-7-9-15-26(20)21/h3-15,17H,16H2,1-2H3/t17-/m1/s1. The summed E-state index contributed by atoms with van der Waals surface area (Å²) in [6.07, 6.45) is 3.94. The predicted molar refractivity (Wildman–Crippen MR) is 105 cm³/mol. The van der Waals surface area contributed by atoms with Crippen molar-refractivity contribution in [1.82, 2.24) is 19.3 Å². The second kappa shape index (κ2) is 7.10. The maximum Gasteiger partial charge on any atom is 0.137 e. The van der Waals surface area contributed by atoms with Gasteiger partial charge in [-0.1, -0.05) is 42.5 Å². The molecule has 0 saturated heterocycles. The lowest BCUT2D eigenvalue weighted by atomic mass is 10.1. The minimum absolute atomic E-state index is 0.217. The maximum absolute atomic E-state index is 4.89. The number of aromatic nitrogens is 3. The van der Waals surface area contributed by atoms with E-state index in [0.29, 0.717) is 0 Å². The van der Waals surface area contributed by atoms with Gasteiger partial charge in [0.15, 0.2) is 0 Å². The minimum atomic E-state index is 0.217. The third-order valence-electron chi connectivity index (χ3n) is 4.85. The molecular formula is C22H22N4. The molecule has 0 aliphatic carbocycles. The summed E-state index contributed by atoms with van der Waals surface area (Å²) in [4.78, 5) is 11.7. The van der Waals surface area contributed by atoms with Crippen molar-refractivity contribution in [3.05, 3.63) is 90.5 Å². The van der Waals surface area contributed by atoms with E-state index in [9.17, 15) is 0 Å². The molecule has 0 fully saturated rings. The van der Waals surface area contributed by atoms with Gasteiger partial charge in [0.2, 0.25) is 0 Å². The molecular weight excluding hydrogens is 320 g/mol. The molecule has 26 heavy (non-hydrogen) atoms. The summed E-state index contributed by atoms with van der Waals surface area (Å²) in [5, 5.41) is 0. The number of rotatable bonds is 5. The van der Waals surface area contributed by atoms with Gasteiger partial charge in [0, 0.05) is 30.5 Å². The fraction of sp³-hybridized carbons (Fsp3) is 0.182. The lowest BCUT2D eigenvalue weighted by Gasteiger charge is -2.24. The van der Waals surface area contributed by atoms with Crippen LogP contribution in [0.4, 0.5) is 0 Å². The molecule has 3 heterocycles. The second-order valence-corrected chi connectivity index (χ2v) is 6.55. The van der Waals surface area contributed by atoms with Crippen molar-refractivity contribution in [2.24, 2.45) is 0 Å². The molecule has 4 rings (SSSR count). The van der Waals surface area contributed by atoms with Crippen LogP contribution in [0.3, 0.4) is 0 Å². The van der Waals surface area contributed by atoms with Crippen LogP contribution in [0.25, 0.3) is 16.9 Å². The molecule has 0 unspecified atom stereocenters. The highest BCUT2D eigenvalue weighted by atomic mass is 15.2. The largest absolute Gasteiger partial charge is 0.302 e. The monoisotopic (exact) mass is 342 g/mol. The molecule has 1 atom stereocenters. The number of fused-ring (bicyclic) bond motifs is 1. The summed E-state index contributed by atoms with van der Waals surface area (Å²) >= 11 is 0. The maximum atomic E-state index is 4.89. The van der Waals surface area contributed by atoms with Gasteiger partial charge < -0.3 is 4.40 Å². The Bertz CT molecular complexity index is 993. The molecule has 4 aromatic rings. The van der Waals surface area contributed by atoms with Crippen LogP contribution in [0.2, 0.25) is 0 Å². The molecule has 0 bridgehead atoms. The van der Waals surface area contributed by atoms with Gasteiger partial charge in [0.1, 0.15) is 5.65 Å². The van der Waals surface area contributed by atoms with Crippen LogP contribution in [0.1, 0.15) is 24.4 Å². The Kier molecular flexibility index (Phi) is 4.50. The van der Waals surface area contributed by atoms with Crippen LogP contribution in [0, 0.1) is 0 Å². The van der Waals surface area contributed by atoms with E-state index in [0.717, 1.165) is 29.1 Å². The highest BCUT2D eigenvalue weighted by molar-refractivity contribution is 5.66. The molecule has 0 saturated carbocycles. The first-order valence-electron chi connectivity index (χ1n) is 8.86. The average molecular weight is 342 g/mol. The van der Waals surface area contributed by atoms with Gasteiger partial charge in [0.05, 0.1) is 17.1 Å². The zero-order chi connectivity index (χ0) is 17.9. The van der Waals surface area contributed by atoms with Crippen molar-refractivity contribution in [2.75, 3.05) is 7.05 Å². The van der Waals surface area contributed by atoms with Gasteiger partial charge >= 0.3 is 0 Å². The van der Waals surface area contributed by atoms with Gasteiger partial charge in [-0.2, -0.15) is 0 Å². The van der Waals surface area contributed by atoms with Crippen LogP contribution in [-0.2, 0) is 6.54 Å². The Balaban J connectivity index is 1.73. The molecule has 4 nitrogen and oxygen atoms in total. The van der Waals surface area contributed by atoms with Crippen LogP contribution in [-0.4, -0.2) is 26.3 Å². The highest BCUT2D eigenvalue weighted by Crippen LogP contribution is 2.27. The van der Waals surface area contributed by atoms with Gasteiger partial charge in [0.25, 0.3) is 0 Å². The number of nitrogens with zero attached hydrogens (tertiary/aromatic N) is 4. The number of hydrogen-bond donors (Lipinski definition) is 0. The summed E-state index contributed by atoms with van der Waals surface area (Å²) in [5.41, 5.74) is 5.42. The third kappa shape index (κ3) is 3.11. The van der Waals surface area contributed by atoms with Crippen LogP contribution < -0.4 is 0 Å². The molecule has 0 spiro atoms. The Labute approximate surface area is 153 Å². The third-order valence-corrected chi connectivity index (χ3v) is 4.85. The molecule has 0 aliphatic heterocycles. The van der Waals surface area contributed by atoms with Gasteiger partial charge in [-0.15, -0.1) is 0 Å². The lowest BCUT2D eigenvalue weighted by Crippen LogP contribution is -2.23. The number of imidazole rings is 1. The molecule has 130 valence electrons. The second-order valence-electron chi connectivity index (χ2n) is 6.55. The number of pyridine rings is 2. The van der Waals surface area contributed by atoms with E-state index in [4.69, 9.17) is 4.98 Å². The Morgan fingerprint density at radius 1 is 0.962 bits per heavy atom. The first-order valence-corrected chi connectivity index (χ1v) is 8.86. The Hall–Kier alpha value is -2.98. The van der Waals surface area contributed by atoms with Crippen molar-refractivity contribution in [3.8, 4) is 11.3 Å². The van der Waals surface area contributed by atoms with Crippen molar-refractivity contribution >= 4 is 5.65 Å². The van der Waals surface area contributed by atoms with Crippen molar-refractivity contribution in [3.63, 3.8) is 0 Å². The molecule has 0 aliphatic rings. The van der Waals surface area contributed by atoms with Crippen molar-refractivity contribution in [2.45, 2.75) is 19.5 Å². The number of benzene rings is 1. The molecule has 0 N–H and O–H groups in total. The molecule has 0 amide bonds. The summed E-state index contributed by atoms with van der Waals surface area (Å²) in [5.74, 6) is 0. The van der Waals surface area contributed by atoms with Gasteiger partial charge in [-0.3, -0.25) is 9.88 Å². The smallest absolute Gasteiger partial charge is 0.137 e. The van der Waals surface area contributed by atoms with E-state index in [-0.39, 0.29) is 6.04 Å². The van der Waals surface area contributed by atoms with Crippen LogP contribution in [0.5, 0.6) is 0 Å². The Morgan fingerprint density at radius 3 is 2.50 bits per heavy atom. The van der Waals surface area contributed by atoms with E-state index in [1.165, 1.54) is 5.69 Å². The van der Waals surface area contributed by atoms with Gasteiger partial charge in [-0.25, -0.2) is 4.98 Å². The quantitative estimate of drug-likeness (QED) is 0.532. The van der Waals surface area contributed by atoms with Crippen LogP contribution in [0.15, 0.2) is 79.1 Å². The normalized spacial score (nSPS) is 12.6. The van der Waals surface area contributed by atoms with Crippen molar-refractivity contribution < 1.29 is 0 Å². The molecule has 0 radical (unpaired) electrons. The first kappa shape index (κ1) is 16.5. The zero-order valence-electron chi connectivity index (χ0n) is 15.1. The fourth-order valence-corrected chi connectivity index (χ4v) is 3.25. The Morgan fingerprint density at radius 2 is 1.73 bits per heavy atom. The van der Waals surface area contributed by atoms with Crippen molar-refractivity contribution in [1.29, 1.82) is 0 Å². The first-order chi connectivity index (χ1) is 12.7. The van der Waals surface area contributed by atoms with E-state index in [1.54, 1.807) is 0 Å². The van der Waals surface area contributed by atoms with E-state index < -0.39 is 0 Å². The summed E-state index contributed by atoms with van der Waals surface area (Å²) in [7, 11) is 2.14. The highest BCUT2D eigenvalue weighted by Gasteiger charge is 2.19. The summed E-state index contributed by atoms with van der Waals surface area (Å²) in [6.45, 7) is 2.97. The average Bonchev–Trinajstić information content (AvgIpc) is 3.07. The summed E-state index contributed by atoms with van der Waals surface area (Å²) < 4.78 is 2.18. The summed E-state index contributed by atoms with van der Waals surface area (Å²) in [6, 6.07) is 22.8. The van der Waals surface area contributed by atoms with E-state index in [2.05, 4.69) is 76.9 Å². The van der Waals surface area contributed by atoms with E-state index >= 15 is 0 Å². The topological polar surface area (TPSA) is 33.4 Å². The predicted octanol–water partition coefficient (Wildman–Crippen LogP) is 4.59. The lowest BCUT2D eigenvalue weighted by molar-refractivity contribution is 0.245.